The van der Waals surface area contributed by atoms with Crippen LogP contribution < -0.4 is 5.32 Å². The normalized spacial score (nSPS) is 20.4. The summed E-state index contributed by atoms with van der Waals surface area (Å²) in [5, 5.41) is 3.64. The van der Waals surface area contributed by atoms with E-state index in [1.807, 2.05) is 0 Å². The smallest absolute Gasteiger partial charge is 0.0232 e. The predicted molar refractivity (Wildman–Crippen MR) is 81.6 cm³/mol. The van der Waals surface area contributed by atoms with Gasteiger partial charge in [-0.2, -0.15) is 0 Å². The Bertz CT molecular complexity index is 228. The SMILES string of the molecule is C=C(NC(C)CC1CCCCC1)C(C)CCCC. The lowest BCUT2D eigenvalue weighted by atomic mass is 9.85. The summed E-state index contributed by atoms with van der Waals surface area (Å²) in [4.78, 5) is 0. The molecule has 1 fully saturated rings. The van der Waals surface area contributed by atoms with E-state index < -0.39 is 0 Å². The maximum Gasteiger partial charge on any atom is 0.0232 e. The van der Waals surface area contributed by atoms with Crippen LogP contribution in [0.4, 0.5) is 0 Å². The Balaban J connectivity index is 2.21. The lowest BCUT2D eigenvalue weighted by Crippen LogP contribution is -2.30. The van der Waals surface area contributed by atoms with Gasteiger partial charge in [-0.15, -0.1) is 0 Å². The molecule has 0 aliphatic heterocycles. The molecule has 0 saturated heterocycles. The van der Waals surface area contributed by atoms with Crippen molar-refractivity contribution in [2.24, 2.45) is 11.8 Å². The molecular weight excluding hydrogens is 218 g/mol. The molecule has 18 heavy (non-hydrogen) atoms. The molecule has 0 aromatic carbocycles. The Morgan fingerprint density at radius 3 is 2.50 bits per heavy atom. The Labute approximate surface area is 114 Å². The van der Waals surface area contributed by atoms with E-state index >= 15 is 0 Å². The molecule has 0 radical (unpaired) electrons. The van der Waals surface area contributed by atoms with Crippen molar-refractivity contribution in [1.82, 2.24) is 5.32 Å². The zero-order chi connectivity index (χ0) is 13.4. The Morgan fingerprint density at radius 2 is 1.89 bits per heavy atom. The van der Waals surface area contributed by atoms with Gasteiger partial charge in [-0.25, -0.2) is 0 Å². The van der Waals surface area contributed by atoms with Gasteiger partial charge in [0.05, 0.1) is 0 Å². The van der Waals surface area contributed by atoms with Crippen molar-refractivity contribution < 1.29 is 0 Å². The zero-order valence-electron chi connectivity index (χ0n) is 12.8. The fraction of sp³-hybridized carbons (Fsp3) is 0.882. The third-order valence-electron chi connectivity index (χ3n) is 4.43. The van der Waals surface area contributed by atoms with Gasteiger partial charge in [0, 0.05) is 11.7 Å². The minimum Gasteiger partial charge on any atom is -0.386 e. The molecule has 1 saturated carbocycles. The Kier molecular flexibility index (Phi) is 7.46. The van der Waals surface area contributed by atoms with Crippen LogP contribution in [0.1, 0.15) is 78.6 Å². The molecule has 0 bridgehead atoms. The van der Waals surface area contributed by atoms with Crippen molar-refractivity contribution in [3.63, 3.8) is 0 Å². The van der Waals surface area contributed by atoms with Crippen LogP contribution in [0.3, 0.4) is 0 Å². The van der Waals surface area contributed by atoms with E-state index in [1.165, 1.54) is 63.5 Å². The van der Waals surface area contributed by atoms with E-state index in [9.17, 15) is 0 Å². The maximum absolute atomic E-state index is 4.23. The monoisotopic (exact) mass is 251 g/mol. The zero-order valence-corrected chi connectivity index (χ0v) is 12.8. The van der Waals surface area contributed by atoms with E-state index in [4.69, 9.17) is 0 Å². The lowest BCUT2D eigenvalue weighted by Gasteiger charge is -2.27. The second kappa shape index (κ2) is 8.61. The van der Waals surface area contributed by atoms with Crippen LogP contribution in [0.25, 0.3) is 0 Å². The number of allylic oxidation sites excluding steroid dienone is 1. The second-order valence-corrected chi connectivity index (χ2v) is 6.35. The molecule has 106 valence electrons. The van der Waals surface area contributed by atoms with Crippen molar-refractivity contribution in [1.29, 1.82) is 0 Å². The molecule has 0 aromatic heterocycles. The minimum atomic E-state index is 0.602. The number of unbranched alkanes of at least 4 members (excludes halogenated alkanes) is 1. The van der Waals surface area contributed by atoms with E-state index in [-0.39, 0.29) is 0 Å². The van der Waals surface area contributed by atoms with Crippen LogP contribution in [0, 0.1) is 11.8 Å². The highest BCUT2D eigenvalue weighted by Gasteiger charge is 2.17. The van der Waals surface area contributed by atoms with Gasteiger partial charge >= 0.3 is 0 Å². The molecule has 2 unspecified atom stereocenters. The molecule has 0 spiro atoms. The highest BCUT2D eigenvalue weighted by atomic mass is 14.9. The molecule has 0 aromatic rings. The molecule has 1 N–H and O–H groups in total. The number of rotatable bonds is 8. The van der Waals surface area contributed by atoms with Crippen LogP contribution in [0.5, 0.6) is 0 Å². The van der Waals surface area contributed by atoms with Gasteiger partial charge in [0.15, 0.2) is 0 Å². The van der Waals surface area contributed by atoms with Gasteiger partial charge in [0.2, 0.25) is 0 Å². The van der Waals surface area contributed by atoms with Crippen molar-refractivity contribution in [3.8, 4) is 0 Å². The van der Waals surface area contributed by atoms with E-state index in [1.54, 1.807) is 0 Å². The summed E-state index contributed by atoms with van der Waals surface area (Å²) in [5.41, 5.74) is 1.26. The van der Waals surface area contributed by atoms with Gasteiger partial charge in [-0.1, -0.05) is 65.4 Å². The summed E-state index contributed by atoms with van der Waals surface area (Å²) >= 11 is 0. The Morgan fingerprint density at radius 1 is 1.22 bits per heavy atom. The van der Waals surface area contributed by atoms with E-state index in [0.717, 1.165) is 5.92 Å². The van der Waals surface area contributed by atoms with Crippen LogP contribution in [0.15, 0.2) is 12.3 Å². The van der Waals surface area contributed by atoms with Crippen LogP contribution in [0.2, 0.25) is 0 Å². The molecule has 1 aliphatic carbocycles. The van der Waals surface area contributed by atoms with Crippen molar-refractivity contribution in [2.45, 2.75) is 84.6 Å². The first kappa shape index (κ1) is 15.6. The molecule has 2 atom stereocenters. The van der Waals surface area contributed by atoms with Crippen molar-refractivity contribution in [2.75, 3.05) is 0 Å². The lowest BCUT2D eigenvalue weighted by molar-refractivity contribution is 0.308. The third-order valence-corrected chi connectivity index (χ3v) is 4.43. The number of nitrogens with one attached hydrogen (secondary N) is 1. The molecule has 1 nitrogen and oxygen atoms in total. The number of hydrogen-bond donors (Lipinski definition) is 1. The molecule has 0 amide bonds. The Hall–Kier alpha value is -0.460. The average Bonchev–Trinajstić information content (AvgIpc) is 2.36. The summed E-state index contributed by atoms with van der Waals surface area (Å²) in [6.07, 6.45) is 12.5. The van der Waals surface area contributed by atoms with Crippen molar-refractivity contribution in [3.05, 3.63) is 12.3 Å². The summed E-state index contributed by atoms with van der Waals surface area (Å²) in [5.74, 6) is 1.58. The average molecular weight is 251 g/mol. The molecule has 1 rings (SSSR count). The standard InChI is InChI=1S/C17H33N/c1-5-6-10-14(2)16(4)18-15(3)13-17-11-8-7-9-12-17/h14-15,17-18H,4-13H2,1-3H3. The highest BCUT2D eigenvalue weighted by molar-refractivity contribution is 4.98. The van der Waals surface area contributed by atoms with E-state index in [2.05, 4.69) is 32.7 Å². The molecule has 1 heteroatoms. The summed E-state index contributed by atoms with van der Waals surface area (Å²) in [6.45, 7) is 11.1. The highest BCUT2D eigenvalue weighted by Crippen LogP contribution is 2.27. The first-order valence-corrected chi connectivity index (χ1v) is 8.08. The van der Waals surface area contributed by atoms with Crippen molar-refractivity contribution >= 4 is 0 Å². The first-order valence-electron chi connectivity index (χ1n) is 8.08. The molecule has 0 heterocycles. The first-order chi connectivity index (χ1) is 8.63. The maximum atomic E-state index is 4.23. The van der Waals surface area contributed by atoms with Gasteiger partial charge in [-0.3, -0.25) is 0 Å². The summed E-state index contributed by atoms with van der Waals surface area (Å²) in [6, 6.07) is 0.602. The quantitative estimate of drug-likeness (QED) is 0.619. The molecular formula is C17H33N. The van der Waals surface area contributed by atoms with E-state index in [0.29, 0.717) is 12.0 Å². The molecule has 1 aliphatic rings. The van der Waals surface area contributed by atoms with Gasteiger partial charge in [0.25, 0.3) is 0 Å². The van der Waals surface area contributed by atoms with Gasteiger partial charge in [0.1, 0.15) is 0 Å². The summed E-state index contributed by atoms with van der Waals surface area (Å²) < 4.78 is 0. The fourth-order valence-electron chi connectivity index (χ4n) is 3.13. The van der Waals surface area contributed by atoms with Crippen LogP contribution >= 0.6 is 0 Å². The fourth-order valence-corrected chi connectivity index (χ4v) is 3.13. The number of hydrogen-bond acceptors (Lipinski definition) is 1. The minimum absolute atomic E-state index is 0.602. The third kappa shape index (κ3) is 5.93. The van der Waals surface area contributed by atoms with Crippen LogP contribution in [-0.4, -0.2) is 6.04 Å². The largest absolute Gasteiger partial charge is 0.386 e. The van der Waals surface area contributed by atoms with Crippen LogP contribution in [-0.2, 0) is 0 Å². The summed E-state index contributed by atoms with van der Waals surface area (Å²) in [7, 11) is 0. The predicted octanol–water partition coefficient (Wildman–Crippen LogP) is 5.27. The second-order valence-electron chi connectivity index (χ2n) is 6.35. The van der Waals surface area contributed by atoms with Gasteiger partial charge < -0.3 is 5.32 Å². The van der Waals surface area contributed by atoms with Gasteiger partial charge in [-0.05, 0) is 31.6 Å². The topological polar surface area (TPSA) is 12.0 Å².